The fraction of sp³-hybridized carbons (Fsp3) is 0.286. The molecule has 0 fully saturated rings. The van der Waals surface area contributed by atoms with Crippen molar-refractivity contribution < 1.29 is 0 Å². The van der Waals surface area contributed by atoms with Crippen LogP contribution in [0.1, 0.15) is 22.6 Å². The van der Waals surface area contributed by atoms with E-state index in [1.807, 2.05) is 18.2 Å². The van der Waals surface area contributed by atoms with Crippen molar-refractivity contribution >= 4 is 35.4 Å². The van der Waals surface area contributed by atoms with E-state index in [-0.39, 0.29) is 0 Å². The number of halogens is 2. The van der Waals surface area contributed by atoms with Crippen LogP contribution in [0.5, 0.6) is 0 Å². The molecule has 1 aromatic carbocycles. The van der Waals surface area contributed by atoms with E-state index in [2.05, 4.69) is 15.3 Å². The van der Waals surface area contributed by atoms with E-state index in [4.69, 9.17) is 35.4 Å². The summed E-state index contributed by atoms with van der Waals surface area (Å²) in [7, 11) is 0. The van der Waals surface area contributed by atoms with Gasteiger partial charge in [0.1, 0.15) is 10.5 Å². The first-order chi connectivity index (χ1) is 9.65. The van der Waals surface area contributed by atoms with E-state index < -0.39 is 0 Å². The van der Waals surface area contributed by atoms with Crippen LogP contribution in [0.2, 0.25) is 10.0 Å². The van der Waals surface area contributed by atoms with E-state index in [0.717, 1.165) is 36.5 Å². The highest BCUT2D eigenvalue weighted by Gasteiger charge is 2.14. The monoisotopic (exact) mass is 325 g/mol. The second-order valence-corrected chi connectivity index (χ2v) is 5.95. The molecule has 1 aliphatic heterocycles. The highest BCUT2D eigenvalue weighted by molar-refractivity contribution is 7.71. The van der Waals surface area contributed by atoms with Crippen molar-refractivity contribution in [2.45, 2.75) is 19.4 Å². The summed E-state index contributed by atoms with van der Waals surface area (Å²) in [6, 6.07) is 5.50. The highest BCUT2D eigenvalue weighted by Crippen LogP contribution is 2.26. The molecule has 0 unspecified atom stereocenters. The quantitative estimate of drug-likeness (QED) is 0.827. The molecule has 2 aromatic rings. The molecule has 0 radical (unpaired) electrons. The molecule has 0 atom stereocenters. The largest absolute Gasteiger partial charge is 0.346 e. The SMILES string of the molecule is S=c1nc(Cc2c(Cl)cccc2Cl)[nH]c2c1CNCC2. The number of aromatic amines is 1. The summed E-state index contributed by atoms with van der Waals surface area (Å²) < 4.78 is 0.657. The van der Waals surface area contributed by atoms with E-state index in [9.17, 15) is 0 Å². The van der Waals surface area contributed by atoms with Crippen LogP contribution < -0.4 is 5.32 Å². The first-order valence-electron chi connectivity index (χ1n) is 6.39. The average Bonchev–Trinajstić information content (AvgIpc) is 2.43. The molecule has 2 heterocycles. The first-order valence-corrected chi connectivity index (χ1v) is 7.56. The maximum atomic E-state index is 6.20. The number of nitrogens with one attached hydrogen (secondary N) is 2. The van der Waals surface area contributed by atoms with Gasteiger partial charge in [0.2, 0.25) is 0 Å². The molecule has 6 heteroatoms. The third-order valence-electron chi connectivity index (χ3n) is 3.41. The molecule has 2 N–H and O–H groups in total. The molecule has 3 rings (SSSR count). The fourth-order valence-corrected chi connectivity index (χ4v) is 3.21. The van der Waals surface area contributed by atoms with Crippen LogP contribution in [0.3, 0.4) is 0 Å². The van der Waals surface area contributed by atoms with E-state index in [0.29, 0.717) is 21.1 Å². The molecule has 104 valence electrons. The average molecular weight is 326 g/mol. The first kappa shape index (κ1) is 14.0. The van der Waals surface area contributed by atoms with Gasteiger partial charge in [0.05, 0.1) is 0 Å². The summed E-state index contributed by atoms with van der Waals surface area (Å²) >= 11 is 17.8. The summed E-state index contributed by atoms with van der Waals surface area (Å²) in [6.07, 6.45) is 1.49. The van der Waals surface area contributed by atoms with Crippen molar-refractivity contribution in [3.63, 3.8) is 0 Å². The minimum atomic E-state index is 0.558. The van der Waals surface area contributed by atoms with Crippen molar-refractivity contribution in [1.82, 2.24) is 15.3 Å². The second kappa shape index (κ2) is 5.82. The zero-order valence-corrected chi connectivity index (χ0v) is 13.0. The Morgan fingerprint density at radius 1 is 1.25 bits per heavy atom. The van der Waals surface area contributed by atoms with Crippen molar-refractivity contribution in [2.75, 3.05) is 6.54 Å². The predicted octanol–water partition coefficient (Wildman–Crippen LogP) is 3.68. The summed E-state index contributed by atoms with van der Waals surface area (Å²) in [5, 5.41) is 4.60. The van der Waals surface area contributed by atoms with Crippen LogP contribution in [0.4, 0.5) is 0 Å². The number of fused-ring (bicyclic) bond motifs is 1. The van der Waals surface area contributed by atoms with Gasteiger partial charge in [-0.05, 0) is 17.7 Å². The number of rotatable bonds is 2. The summed E-state index contributed by atoms with van der Waals surface area (Å²) in [4.78, 5) is 7.84. The van der Waals surface area contributed by atoms with Gasteiger partial charge in [0.15, 0.2) is 0 Å². The van der Waals surface area contributed by atoms with Gasteiger partial charge in [-0.3, -0.25) is 0 Å². The standard InChI is InChI=1S/C14H13Cl2N3S/c15-10-2-1-3-11(16)8(10)6-13-18-12-4-5-17-7-9(12)14(20)19-13/h1-3,17H,4-7H2,(H,18,19,20). The smallest absolute Gasteiger partial charge is 0.134 e. The van der Waals surface area contributed by atoms with Gasteiger partial charge >= 0.3 is 0 Å². The van der Waals surface area contributed by atoms with E-state index in [1.165, 1.54) is 5.69 Å². The normalized spacial score (nSPS) is 14.1. The maximum Gasteiger partial charge on any atom is 0.134 e. The van der Waals surface area contributed by atoms with Gasteiger partial charge in [-0.25, -0.2) is 4.98 Å². The molecular formula is C14H13Cl2N3S. The molecule has 0 amide bonds. The number of benzene rings is 1. The lowest BCUT2D eigenvalue weighted by molar-refractivity contribution is 0.619. The number of H-pyrrole nitrogens is 1. The van der Waals surface area contributed by atoms with Crippen LogP contribution in [0.25, 0.3) is 0 Å². The Hall–Kier alpha value is -0.940. The fourth-order valence-electron chi connectivity index (χ4n) is 2.37. The number of hydrogen-bond donors (Lipinski definition) is 2. The number of hydrogen-bond acceptors (Lipinski definition) is 3. The molecular weight excluding hydrogens is 313 g/mol. The van der Waals surface area contributed by atoms with Gasteiger partial charge in [0, 0.05) is 47.2 Å². The van der Waals surface area contributed by atoms with Gasteiger partial charge < -0.3 is 10.3 Å². The molecule has 20 heavy (non-hydrogen) atoms. The number of nitrogens with zero attached hydrogens (tertiary/aromatic N) is 1. The Morgan fingerprint density at radius 3 is 2.75 bits per heavy atom. The molecule has 1 aromatic heterocycles. The molecule has 3 nitrogen and oxygen atoms in total. The zero-order valence-electron chi connectivity index (χ0n) is 10.7. The summed E-state index contributed by atoms with van der Waals surface area (Å²) in [5.74, 6) is 0.811. The molecule has 0 saturated heterocycles. The number of aromatic nitrogens is 2. The van der Waals surface area contributed by atoms with Gasteiger partial charge in [0.25, 0.3) is 0 Å². The Bertz CT molecular complexity index is 692. The van der Waals surface area contributed by atoms with Crippen LogP contribution in [0.15, 0.2) is 18.2 Å². The lowest BCUT2D eigenvalue weighted by Crippen LogP contribution is -2.26. The van der Waals surface area contributed by atoms with Crippen molar-refractivity contribution in [1.29, 1.82) is 0 Å². The topological polar surface area (TPSA) is 40.7 Å². The third-order valence-corrected chi connectivity index (χ3v) is 4.46. The van der Waals surface area contributed by atoms with E-state index in [1.54, 1.807) is 0 Å². The lowest BCUT2D eigenvalue weighted by atomic mass is 10.1. The van der Waals surface area contributed by atoms with E-state index >= 15 is 0 Å². The molecule has 0 saturated carbocycles. The van der Waals surface area contributed by atoms with Crippen LogP contribution in [-0.4, -0.2) is 16.5 Å². The maximum absolute atomic E-state index is 6.20. The highest BCUT2D eigenvalue weighted by atomic mass is 35.5. The Labute approximate surface area is 132 Å². The minimum absolute atomic E-state index is 0.558. The molecule has 0 spiro atoms. The zero-order chi connectivity index (χ0) is 14.1. The summed E-state index contributed by atoms with van der Waals surface area (Å²) in [6.45, 7) is 1.74. The Balaban J connectivity index is 2.00. The minimum Gasteiger partial charge on any atom is -0.346 e. The van der Waals surface area contributed by atoms with Crippen molar-refractivity contribution in [2.24, 2.45) is 0 Å². The van der Waals surface area contributed by atoms with Crippen molar-refractivity contribution in [3.8, 4) is 0 Å². The molecule has 1 aliphatic rings. The van der Waals surface area contributed by atoms with Crippen LogP contribution in [0, 0.1) is 4.64 Å². The van der Waals surface area contributed by atoms with Gasteiger partial charge in [-0.1, -0.05) is 41.5 Å². The third kappa shape index (κ3) is 2.74. The molecule has 0 aliphatic carbocycles. The van der Waals surface area contributed by atoms with Crippen LogP contribution >= 0.6 is 35.4 Å². The Kier molecular flexibility index (Phi) is 4.08. The second-order valence-electron chi connectivity index (χ2n) is 4.75. The molecule has 0 bridgehead atoms. The van der Waals surface area contributed by atoms with Crippen molar-refractivity contribution in [3.05, 3.63) is 55.5 Å². The Morgan fingerprint density at radius 2 is 2.00 bits per heavy atom. The summed E-state index contributed by atoms with van der Waals surface area (Å²) in [5.41, 5.74) is 3.14. The predicted molar refractivity (Wildman–Crippen MR) is 84.1 cm³/mol. The van der Waals surface area contributed by atoms with Gasteiger partial charge in [-0.2, -0.15) is 0 Å². The lowest BCUT2D eigenvalue weighted by Gasteiger charge is -2.18. The van der Waals surface area contributed by atoms with Gasteiger partial charge in [-0.15, -0.1) is 0 Å². The van der Waals surface area contributed by atoms with Crippen LogP contribution in [-0.2, 0) is 19.4 Å².